The number of methoxy groups -OCH3 is 1. The van der Waals surface area contributed by atoms with Crippen LogP contribution in [0, 0.1) is 10.1 Å². The number of carbonyl (C=O) groups excluding carboxylic acids is 2. The van der Waals surface area contributed by atoms with Crippen molar-refractivity contribution in [2.24, 2.45) is 0 Å². The highest BCUT2D eigenvalue weighted by Crippen LogP contribution is 2.23. The van der Waals surface area contributed by atoms with Gasteiger partial charge in [-0.1, -0.05) is 0 Å². The molecule has 0 saturated heterocycles. The van der Waals surface area contributed by atoms with Crippen molar-refractivity contribution < 1.29 is 24.0 Å². The number of esters is 1. The second kappa shape index (κ2) is 9.46. The zero-order chi connectivity index (χ0) is 18.1. The minimum absolute atomic E-state index is 0.0172. The van der Waals surface area contributed by atoms with Crippen LogP contribution in [0.5, 0.6) is 0 Å². The van der Waals surface area contributed by atoms with Crippen molar-refractivity contribution in [3.05, 3.63) is 33.9 Å². The maximum Gasteiger partial charge on any atom is 0.341 e. The van der Waals surface area contributed by atoms with E-state index in [-0.39, 0.29) is 11.3 Å². The maximum atomic E-state index is 12.3. The second-order valence-electron chi connectivity index (χ2n) is 4.85. The molecule has 9 heteroatoms. The number of nitro groups is 1. The Kier molecular flexibility index (Phi) is 7.63. The lowest BCUT2D eigenvalue weighted by Gasteiger charge is -2.15. The van der Waals surface area contributed by atoms with Crippen LogP contribution in [0.4, 0.5) is 11.4 Å². The van der Waals surface area contributed by atoms with Crippen molar-refractivity contribution in [2.45, 2.75) is 20.0 Å². The van der Waals surface area contributed by atoms with Crippen LogP contribution >= 0.6 is 0 Å². The molecule has 1 amide bonds. The fraction of sp³-hybridized carbons (Fsp3) is 0.467. The van der Waals surface area contributed by atoms with Crippen molar-refractivity contribution >= 4 is 23.3 Å². The predicted octanol–water partition coefficient (Wildman–Crippen LogP) is 1.33. The van der Waals surface area contributed by atoms with Crippen LogP contribution < -0.4 is 10.6 Å². The highest BCUT2D eigenvalue weighted by atomic mass is 16.6. The summed E-state index contributed by atoms with van der Waals surface area (Å²) in [6.45, 7) is 4.37. The summed E-state index contributed by atoms with van der Waals surface area (Å²) in [5.74, 6) is -1.26. The summed E-state index contributed by atoms with van der Waals surface area (Å²) in [5, 5.41) is 16.4. The van der Waals surface area contributed by atoms with Gasteiger partial charge in [-0.05, 0) is 19.9 Å². The number of nitro benzene ring substituents is 1. The smallest absolute Gasteiger partial charge is 0.341 e. The maximum absolute atomic E-state index is 12.3. The fourth-order valence-electron chi connectivity index (χ4n) is 1.85. The number of anilines is 1. The average molecular weight is 339 g/mol. The van der Waals surface area contributed by atoms with Gasteiger partial charge in [0.15, 0.2) is 6.10 Å². The summed E-state index contributed by atoms with van der Waals surface area (Å²) in [5.41, 5.74) is 0.104. The molecule has 0 radical (unpaired) electrons. The summed E-state index contributed by atoms with van der Waals surface area (Å²) >= 11 is 0. The third-order valence-electron chi connectivity index (χ3n) is 3.06. The van der Waals surface area contributed by atoms with E-state index in [0.29, 0.717) is 25.4 Å². The standard InChI is InChI=1S/C15H21N3O6/c1-4-16-14(19)10(2)24-15(20)12-9-11(18(21)22)5-6-13(12)17-7-8-23-3/h5-6,9-10,17H,4,7-8H2,1-3H3,(H,16,19)/t10-/m1/s1. The van der Waals surface area contributed by atoms with E-state index >= 15 is 0 Å². The molecule has 24 heavy (non-hydrogen) atoms. The van der Waals surface area contributed by atoms with Crippen molar-refractivity contribution in [2.75, 3.05) is 32.1 Å². The molecule has 0 spiro atoms. The van der Waals surface area contributed by atoms with Gasteiger partial charge >= 0.3 is 5.97 Å². The monoisotopic (exact) mass is 339 g/mol. The first-order valence-electron chi connectivity index (χ1n) is 7.40. The number of nitrogens with one attached hydrogen (secondary N) is 2. The summed E-state index contributed by atoms with van der Waals surface area (Å²) in [7, 11) is 1.53. The van der Waals surface area contributed by atoms with E-state index in [1.165, 1.54) is 26.2 Å². The van der Waals surface area contributed by atoms with Gasteiger partial charge in [0.25, 0.3) is 11.6 Å². The molecule has 1 aromatic carbocycles. The van der Waals surface area contributed by atoms with E-state index in [4.69, 9.17) is 9.47 Å². The Morgan fingerprint density at radius 2 is 2.08 bits per heavy atom. The molecule has 0 saturated carbocycles. The Morgan fingerprint density at radius 3 is 2.67 bits per heavy atom. The third kappa shape index (κ3) is 5.51. The van der Waals surface area contributed by atoms with Crippen LogP contribution in [0.2, 0.25) is 0 Å². The van der Waals surface area contributed by atoms with E-state index < -0.39 is 22.9 Å². The van der Waals surface area contributed by atoms with Crippen LogP contribution in [0.1, 0.15) is 24.2 Å². The first kappa shape index (κ1) is 19.4. The lowest BCUT2D eigenvalue weighted by Crippen LogP contribution is -2.35. The first-order chi connectivity index (χ1) is 11.4. The Labute approximate surface area is 139 Å². The zero-order valence-corrected chi connectivity index (χ0v) is 13.8. The molecule has 1 aromatic rings. The third-order valence-corrected chi connectivity index (χ3v) is 3.06. The zero-order valence-electron chi connectivity index (χ0n) is 13.8. The molecule has 132 valence electrons. The molecule has 0 aliphatic heterocycles. The lowest BCUT2D eigenvalue weighted by atomic mass is 10.1. The highest BCUT2D eigenvalue weighted by molar-refractivity contribution is 5.98. The molecule has 0 unspecified atom stereocenters. The Hall–Kier alpha value is -2.68. The number of hydrogen-bond donors (Lipinski definition) is 2. The molecule has 0 heterocycles. The number of ether oxygens (including phenoxy) is 2. The molecule has 0 aromatic heterocycles. The molecule has 0 aliphatic carbocycles. The molecular formula is C15H21N3O6. The molecule has 0 aliphatic rings. The highest BCUT2D eigenvalue weighted by Gasteiger charge is 2.22. The van der Waals surface area contributed by atoms with E-state index in [9.17, 15) is 19.7 Å². The number of benzene rings is 1. The Morgan fingerprint density at radius 1 is 1.38 bits per heavy atom. The molecule has 1 rings (SSSR count). The van der Waals surface area contributed by atoms with Gasteiger partial charge in [-0.15, -0.1) is 0 Å². The van der Waals surface area contributed by atoms with Crippen LogP contribution in [0.15, 0.2) is 18.2 Å². The van der Waals surface area contributed by atoms with Crippen LogP contribution in [0.25, 0.3) is 0 Å². The molecule has 9 nitrogen and oxygen atoms in total. The second-order valence-corrected chi connectivity index (χ2v) is 4.85. The van der Waals surface area contributed by atoms with E-state index in [2.05, 4.69) is 10.6 Å². The van der Waals surface area contributed by atoms with Crippen molar-refractivity contribution in [1.29, 1.82) is 0 Å². The van der Waals surface area contributed by atoms with Crippen LogP contribution in [0.3, 0.4) is 0 Å². The fourth-order valence-corrected chi connectivity index (χ4v) is 1.85. The number of hydrogen-bond acceptors (Lipinski definition) is 7. The van der Waals surface area contributed by atoms with Gasteiger partial charge in [-0.2, -0.15) is 0 Å². The lowest BCUT2D eigenvalue weighted by molar-refractivity contribution is -0.384. The summed E-state index contributed by atoms with van der Waals surface area (Å²) < 4.78 is 10.00. The van der Waals surface area contributed by atoms with Gasteiger partial charge < -0.3 is 20.1 Å². The van der Waals surface area contributed by atoms with Crippen LogP contribution in [-0.2, 0) is 14.3 Å². The van der Waals surface area contributed by atoms with E-state index in [1.807, 2.05) is 0 Å². The first-order valence-corrected chi connectivity index (χ1v) is 7.40. The van der Waals surface area contributed by atoms with Gasteiger partial charge in [0.1, 0.15) is 0 Å². The van der Waals surface area contributed by atoms with Gasteiger partial charge in [0.05, 0.1) is 17.1 Å². The molecular weight excluding hydrogens is 318 g/mol. The largest absolute Gasteiger partial charge is 0.449 e. The molecule has 0 fully saturated rings. The quantitative estimate of drug-likeness (QED) is 0.301. The van der Waals surface area contributed by atoms with Gasteiger partial charge in [0, 0.05) is 38.0 Å². The Bertz CT molecular complexity index is 605. The summed E-state index contributed by atoms with van der Waals surface area (Å²) in [4.78, 5) is 34.3. The SMILES string of the molecule is CCNC(=O)[C@@H](C)OC(=O)c1cc([N+](=O)[O-])ccc1NCCOC. The van der Waals surface area contributed by atoms with Gasteiger partial charge in [-0.25, -0.2) is 4.79 Å². The number of carbonyl (C=O) groups is 2. The minimum atomic E-state index is -1.01. The van der Waals surface area contributed by atoms with Crippen molar-refractivity contribution in [3.63, 3.8) is 0 Å². The number of rotatable bonds is 9. The topological polar surface area (TPSA) is 120 Å². The van der Waals surface area contributed by atoms with Crippen LogP contribution in [-0.4, -0.2) is 49.7 Å². The average Bonchev–Trinajstić information content (AvgIpc) is 2.55. The number of nitrogens with zero attached hydrogens (tertiary/aromatic N) is 1. The van der Waals surface area contributed by atoms with Gasteiger partial charge in [-0.3, -0.25) is 14.9 Å². The minimum Gasteiger partial charge on any atom is -0.449 e. The number of likely N-dealkylation sites (N-methyl/N-ethyl adjacent to an activating group) is 1. The van der Waals surface area contributed by atoms with Crippen molar-refractivity contribution in [3.8, 4) is 0 Å². The summed E-state index contributed by atoms with van der Waals surface area (Å²) in [6, 6.07) is 3.81. The van der Waals surface area contributed by atoms with Crippen molar-refractivity contribution in [1.82, 2.24) is 5.32 Å². The number of amides is 1. The van der Waals surface area contributed by atoms with Gasteiger partial charge in [0.2, 0.25) is 0 Å². The van der Waals surface area contributed by atoms with E-state index in [1.54, 1.807) is 6.92 Å². The normalized spacial score (nSPS) is 11.5. The number of non-ortho nitro benzene ring substituents is 1. The summed E-state index contributed by atoms with van der Waals surface area (Å²) in [6.07, 6.45) is -1.01. The molecule has 0 bridgehead atoms. The predicted molar refractivity (Wildman–Crippen MR) is 87.0 cm³/mol. The van der Waals surface area contributed by atoms with E-state index in [0.717, 1.165) is 6.07 Å². The molecule has 2 N–H and O–H groups in total. The Balaban J connectivity index is 2.99. The molecule has 1 atom stereocenters.